The van der Waals surface area contributed by atoms with E-state index in [0.29, 0.717) is 10.7 Å². The van der Waals surface area contributed by atoms with Gasteiger partial charge in [0.1, 0.15) is 0 Å². The average molecular weight is 303 g/mol. The summed E-state index contributed by atoms with van der Waals surface area (Å²) in [6.45, 7) is 1.82. The van der Waals surface area contributed by atoms with Crippen molar-refractivity contribution >= 4 is 29.1 Å². The quantitative estimate of drug-likeness (QED) is 0.856. The minimum Gasteiger partial charge on any atom is -0.341 e. The molecule has 0 heterocycles. The second-order valence-electron chi connectivity index (χ2n) is 4.57. The molecular weight excluding hydrogens is 288 g/mol. The molecular formula is C16H15ClN2O2. The van der Waals surface area contributed by atoms with Gasteiger partial charge in [0.05, 0.1) is 6.04 Å². The first kappa shape index (κ1) is 15.1. The first-order valence-corrected chi connectivity index (χ1v) is 6.86. The van der Waals surface area contributed by atoms with Gasteiger partial charge in [0.25, 0.3) is 0 Å². The Kier molecular flexibility index (Phi) is 4.95. The lowest BCUT2D eigenvalue weighted by atomic mass is 10.1. The summed E-state index contributed by atoms with van der Waals surface area (Å²) in [6, 6.07) is 15.7. The Morgan fingerprint density at radius 1 is 0.952 bits per heavy atom. The smallest absolute Gasteiger partial charge is 0.313 e. The van der Waals surface area contributed by atoms with Crippen LogP contribution in [-0.2, 0) is 9.59 Å². The number of benzene rings is 2. The van der Waals surface area contributed by atoms with Gasteiger partial charge in [-0.1, -0.05) is 41.9 Å². The van der Waals surface area contributed by atoms with Crippen LogP contribution in [0.5, 0.6) is 0 Å². The normalized spacial score (nSPS) is 11.5. The SMILES string of the molecule is C[C@H](NC(=O)C(=O)Nc1ccc(Cl)cc1)c1ccccc1. The standard InChI is InChI=1S/C16H15ClN2O2/c1-11(12-5-3-2-4-6-12)18-15(20)16(21)19-14-9-7-13(17)8-10-14/h2-11H,1H3,(H,18,20)(H,19,21)/t11-/m0/s1. The van der Waals surface area contributed by atoms with Gasteiger partial charge in [-0.2, -0.15) is 0 Å². The Morgan fingerprint density at radius 3 is 2.19 bits per heavy atom. The summed E-state index contributed by atoms with van der Waals surface area (Å²) in [5.41, 5.74) is 1.46. The highest BCUT2D eigenvalue weighted by Gasteiger charge is 2.16. The Hall–Kier alpha value is -2.33. The lowest BCUT2D eigenvalue weighted by molar-refractivity contribution is -0.136. The van der Waals surface area contributed by atoms with Gasteiger partial charge in [0.2, 0.25) is 0 Å². The molecule has 5 heteroatoms. The summed E-state index contributed by atoms with van der Waals surface area (Å²) >= 11 is 5.76. The molecule has 0 unspecified atom stereocenters. The van der Waals surface area contributed by atoms with Crippen molar-refractivity contribution in [2.24, 2.45) is 0 Å². The largest absolute Gasteiger partial charge is 0.341 e. The lowest BCUT2D eigenvalue weighted by Crippen LogP contribution is -2.36. The fourth-order valence-corrected chi connectivity index (χ4v) is 1.93. The van der Waals surface area contributed by atoms with Crippen molar-refractivity contribution in [3.63, 3.8) is 0 Å². The second kappa shape index (κ2) is 6.90. The van der Waals surface area contributed by atoms with E-state index >= 15 is 0 Å². The maximum absolute atomic E-state index is 11.8. The Balaban J connectivity index is 1.93. The minimum absolute atomic E-state index is 0.241. The van der Waals surface area contributed by atoms with E-state index in [1.165, 1.54) is 0 Å². The number of anilines is 1. The van der Waals surface area contributed by atoms with Crippen LogP contribution in [0.15, 0.2) is 54.6 Å². The summed E-state index contributed by atoms with van der Waals surface area (Å²) in [7, 11) is 0. The summed E-state index contributed by atoms with van der Waals surface area (Å²) in [6.07, 6.45) is 0. The molecule has 0 aliphatic heterocycles. The van der Waals surface area contributed by atoms with Crippen molar-refractivity contribution in [2.45, 2.75) is 13.0 Å². The van der Waals surface area contributed by atoms with Gasteiger partial charge in [0.15, 0.2) is 0 Å². The van der Waals surface area contributed by atoms with Crippen LogP contribution in [0.4, 0.5) is 5.69 Å². The van der Waals surface area contributed by atoms with Gasteiger partial charge in [-0.15, -0.1) is 0 Å². The van der Waals surface area contributed by atoms with Crippen LogP contribution in [0, 0.1) is 0 Å². The second-order valence-corrected chi connectivity index (χ2v) is 5.00. The third kappa shape index (κ3) is 4.33. The van der Waals surface area contributed by atoms with Crippen molar-refractivity contribution in [3.05, 3.63) is 65.2 Å². The van der Waals surface area contributed by atoms with E-state index in [0.717, 1.165) is 5.56 Å². The van der Waals surface area contributed by atoms with Crippen molar-refractivity contribution in [1.82, 2.24) is 5.32 Å². The van der Waals surface area contributed by atoms with Crippen LogP contribution in [-0.4, -0.2) is 11.8 Å². The minimum atomic E-state index is -0.708. The van der Waals surface area contributed by atoms with Crippen LogP contribution in [0.3, 0.4) is 0 Å². The summed E-state index contributed by atoms with van der Waals surface area (Å²) in [4.78, 5) is 23.7. The molecule has 0 aliphatic carbocycles. The molecule has 0 aromatic heterocycles. The van der Waals surface area contributed by atoms with Gasteiger partial charge < -0.3 is 10.6 Å². The molecule has 0 radical (unpaired) electrons. The van der Waals surface area contributed by atoms with Gasteiger partial charge in [-0.3, -0.25) is 9.59 Å². The molecule has 0 saturated carbocycles. The van der Waals surface area contributed by atoms with E-state index in [4.69, 9.17) is 11.6 Å². The summed E-state index contributed by atoms with van der Waals surface area (Å²) < 4.78 is 0. The first-order chi connectivity index (χ1) is 10.1. The van der Waals surface area contributed by atoms with E-state index in [9.17, 15) is 9.59 Å². The van der Waals surface area contributed by atoms with E-state index in [1.54, 1.807) is 24.3 Å². The first-order valence-electron chi connectivity index (χ1n) is 6.48. The third-order valence-corrected chi connectivity index (χ3v) is 3.21. The van der Waals surface area contributed by atoms with Crippen molar-refractivity contribution in [1.29, 1.82) is 0 Å². The highest BCUT2D eigenvalue weighted by Crippen LogP contribution is 2.14. The van der Waals surface area contributed by atoms with Gasteiger partial charge >= 0.3 is 11.8 Å². The van der Waals surface area contributed by atoms with Crippen LogP contribution in [0.1, 0.15) is 18.5 Å². The predicted molar refractivity (Wildman–Crippen MR) is 83.1 cm³/mol. The highest BCUT2D eigenvalue weighted by molar-refractivity contribution is 6.39. The molecule has 0 aliphatic rings. The number of hydrogen-bond acceptors (Lipinski definition) is 2. The highest BCUT2D eigenvalue weighted by atomic mass is 35.5. The Morgan fingerprint density at radius 2 is 1.57 bits per heavy atom. The predicted octanol–water partition coefficient (Wildman–Crippen LogP) is 3.16. The van der Waals surface area contributed by atoms with Crippen LogP contribution in [0.2, 0.25) is 5.02 Å². The van der Waals surface area contributed by atoms with Crippen LogP contribution >= 0.6 is 11.6 Å². The molecule has 2 rings (SSSR count). The monoisotopic (exact) mass is 302 g/mol. The number of rotatable bonds is 3. The maximum atomic E-state index is 11.8. The van der Waals surface area contributed by atoms with Gasteiger partial charge in [-0.05, 0) is 36.8 Å². The third-order valence-electron chi connectivity index (χ3n) is 2.96. The Bertz CT molecular complexity index is 626. The summed E-state index contributed by atoms with van der Waals surface area (Å²) in [5.74, 6) is -1.39. The van der Waals surface area contributed by atoms with Crippen molar-refractivity contribution in [3.8, 4) is 0 Å². The fraction of sp³-hybridized carbons (Fsp3) is 0.125. The topological polar surface area (TPSA) is 58.2 Å². The van der Waals surface area contributed by atoms with Crippen molar-refractivity contribution < 1.29 is 9.59 Å². The van der Waals surface area contributed by atoms with E-state index in [1.807, 2.05) is 37.3 Å². The van der Waals surface area contributed by atoms with Crippen LogP contribution in [0.25, 0.3) is 0 Å². The number of hydrogen-bond donors (Lipinski definition) is 2. The molecule has 0 bridgehead atoms. The number of nitrogens with one attached hydrogen (secondary N) is 2. The molecule has 1 atom stereocenters. The molecule has 0 fully saturated rings. The molecule has 4 nitrogen and oxygen atoms in total. The molecule has 2 amide bonds. The molecule has 2 aromatic carbocycles. The Labute approximate surface area is 128 Å². The van der Waals surface area contributed by atoms with Crippen LogP contribution < -0.4 is 10.6 Å². The van der Waals surface area contributed by atoms with Crippen molar-refractivity contribution in [2.75, 3.05) is 5.32 Å². The number of halogens is 1. The molecule has 2 N–H and O–H groups in total. The summed E-state index contributed by atoms with van der Waals surface area (Å²) in [5, 5.41) is 5.73. The zero-order chi connectivity index (χ0) is 15.2. The average Bonchev–Trinajstić information content (AvgIpc) is 2.50. The molecule has 21 heavy (non-hydrogen) atoms. The van der Waals surface area contributed by atoms with E-state index < -0.39 is 11.8 Å². The fourth-order valence-electron chi connectivity index (χ4n) is 1.81. The number of amides is 2. The molecule has 0 saturated heterocycles. The molecule has 108 valence electrons. The van der Waals surface area contributed by atoms with E-state index in [2.05, 4.69) is 10.6 Å². The van der Waals surface area contributed by atoms with Gasteiger partial charge in [0, 0.05) is 10.7 Å². The lowest BCUT2D eigenvalue weighted by Gasteiger charge is -2.14. The number of carbonyl (C=O) groups is 2. The molecule has 0 spiro atoms. The van der Waals surface area contributed by atoms with E-state index in [-0.39, 0.29) is 6.04 Å². The molecule has 2 aromatic rings. The maximum Gasteiger partial charge on any atom is 0.313 e. The zero-order valence-electron chi connectivity index (χ0n) is 11.5. The number of carbonyl (C=O) groups excluding carboxylic acids is 2. The zero-order valence-corrected chi connectivity index (χ0v) is 12.2. The van der Waals surface area contributed by atoms with Gasteiger partial charge in [-0.25, -0.2) is 0 Å².